The summed E-state index contributed by atoms with van der Waals surface area (Å²) in [6.45, 7) is 1.47. The maximum Gasteiger partial charge on any atom is 0.416 e. The van der Waals surface area contributed by atoms with Crippen molar-refractivity contribution >= 4 is 30.1 Å². The standard InChI is InChI=1S/C22H21ClN4O2.ClH/c23-16-5-6-18-15(14-16)4-7-19-20(18)21(25-27(19)17-8-10-24-11-9-17)29-22(28)26-12-2-1-3-13-26;/h5-6,8-11,14H,1-4,7,12-13H2;1H. The Labute approximate surface area is 186 Å². The Kier molecular flexibility index (Phi) is 5.97. The number of carbonyl (C=O) groups excluding carboxylic acids is 1. The number of aryl methyl sites for hydroxylation is 1. The van der Waals surface area contributed by atoms with Gasteiger partial charge in [0.05, 0.1) is 16.9 Å². The summed E-state index contributed by atoms with van der Waals surface area (Å²) in [6.07, 6.45) is 7.98. The molecular formula is C22H22Cl2N4O2. The average Bonchev–Trinajstić information content (AvgIpc) is 3.13. The molecule has 30 heavy (non-hydrogen) atoms. The molecule has 5 rings (SSSR count). The zero-order valence-corrected chi connectivity index (χ0v) is 18.0. The molecule has 1 amide bonds. The molecule has 0 atom stereocenters. The van der Waals surface area contributed by atoms with Gasteiger partial charge < -0.3 is 9.64 Å². The number of ether oxygens (including phenoxy) is 1. The molecule has 3 aromatic rings. The van der Waals surface area contributed by atoms with Gasteiger partial charge in [-0.3, -0.25) is 4.98 Å². The van der Waals surface area contributed by atoms with Crippen LogP contribution in [0, 0.1) is 0 Å². The van der Waals surface area contributed by atoms with Crippen LogP contribution < -0.4 is 4.74 Å². The smallest absolute Gasteiger partial charge is 0.389 e. The SMILES string of the molecule is Cl.O=C(Oc1nn(-c2ccncc2)c2c1-c1ccc(Cl)cc1CC2)N1CCCCC1. The summed E-state index contributed by atoms with van der Waals surface area (Å²) >= 11 is 6.21. The van der Waals surface area contributed by atoms with Crippen LogP contribution in [0.25, 0.3) is 16.8 Å². The third-order valence-corrected chi connectivity index (χ3v) is 5.86. The Morgan fingerprint density at radius 2 is 1.80 bits per heavy atom. The van der Waals surface area contributed by atoms with Gasteiger partial charge in [0.15, 0.2) is 0 Å². The van der Waals surface area contributed by atoms with E-state index in [1.165, 1.54) is 0 Å². The van der Waals surface area contributed by atoms with E-state index in [0.29, 0.717) is 10.9 Å². The van der Waals surface area contributed by atoms with E-state index in [9.17, 15) is 4.79 Å². The maximum atomic E-state index is 12.8. The molecule has 0 unspecified atom stereocenters. The van der Waals surface area contributed by atoms with Crippen LogP contribution in [0.15, 0.2) is 42.7 Å². The number of rotatable bonds is 2. The van der Waals surface area contributed by atoms with Crippen molar-refractivity contribution in [3.63, 3.8) is 0 Å². The normalized spacial score (nSPS) is 15.0. The lowest BCUT2D eigenvalue weighted by Crippen LogP contribution is -2.37. The van der Waals surface area contributed by atoms with E-state index in [4.69, 9.17) is 21.4 Å². The van der Waals surface area contributed by atoms with E-state index in [0.717, 1.165) is 73.3 Å². The second-order valence-electron chi connectivity index (χ2n) is 7.46. The number of halogens is 2. The Morgan fingerprint density at radius 3 is 2.57 bits per heavy atom. The highest BCUT2D eigenvalue weighted by atomic mass is 35.5. The lowest BCUT2D eigenvalue weighted by molar-refractivity contribution is 0.141. The van der Waals surface area contributed by atoms with E-state index in [1.807, 2.05) is 35.0 Å². The molecule has 2 aliphatic rings. The fourth-order valence-corrected chi connectivity index (χ4v) is 4.39. The number of amides is 1. The quantitative estimate of drug-likeness (QED) is 0.551. The van der Waals surface area contributed by atoms with E-state index < -0.39 is 0 Å². The van der Waals surface area contributed by atoms with Crippen LogP contribution in [0.2, 0.25) is 5.02 Å². The number of nitrogens with zero attached hydrogens (tertiary/aromatic N) is 4. The number of hydrogen-bond donors (Lipinski definition) is 0. The van der Waals surface area contributed by atoms with Crippen molar-refractivity contribution in [3.8, 4) is 22.7 Å². The van der Waals surface area contributed by atoms with Gasteiger partial charge in [0.25, 0.3) is 5.88 Å². The Hall–Kier alpha value is -2.57. The van der Waals surface area contributed by atoms with Gasteiger partial charge in [-0.15, -0.1) is 17.5 Å². The van der Waals surface area contributed by atoms with Gasteiger partial charge in [-0.2, -0.15) is 0 Å². The van der Waals surface area contributed by atoms with Crippen molar-refractivity contribution in [1.29, 1.82) is 0 Å². The molecule has 0 saturated carbocycles. The largest absolute Gasteiger partial charge is 0.416 e. The number of likely N-dealkylation sites (tertiary alicyclic amines) is 1. The number of pyridine rings is 1. The molecule has 1 aliphatic heterocycles. The first-order chi connectivity index (χ1) is 14.2. The highest BCUT2D eigenvalue weighted by molar-refractivity contribution is 6.30. The third kappa shape index (κ3) is 3.77. The van der Waals surface area contributed by atoms with Gasteiger partial charge in [0, 0.05) is 30.5 Å². The molecule has 0 radical (unpaired) electrons. The zero-order valence-electron chi connectivity index (χ0n) is 16.4. The molecule has 3 heterocycles. The van der Waals surface area contributed by atoms with Crippen molar-refractivity contribution in [2.45, 2.75) is 32.1 Å². The first-order valence-electron chi connectivity index (χ1n) is 9.98. The number of piperidine rings is 1. The van der Waals surface area contributed by atoms with Crippen LogP contribution in [0.1, 0.15) is 30.5 Å². The monoisotopic (exact) mass is 444 g/mol. The zero-order chi connectivity index (χ0) is 19.8. The van der Waals surface area contributed by atoms with E-state index in [-0.39, 0.29) is 18.5 Å². The highest BCUT2D eigenvalue weighted by Gasteiger charge is 2.29. The number of carbonyl (C=O) groups is 1. The molecule has 6 nitrogen and oxygen atoms in total. The molecule has 8 heteroatoms. The molecule has 156 valence electrons. The summed E-state index contributed by atoms with van der Waals surface area (Å²) in [5.41, 5.74) is 4.98. The molecule has 0 bridgehead atoms. The lowest BCUT2D eigenvalue weighted by atomic mass is 9.89. The predicted octanol–water partition coefficient (Wildman–Crippen LogP) is 5.09. The number of hydrogen-bond acceptors (Lipinski definition) is 4. The van der Waals surface area contributed by atoms with E-state index in [1.54, 1.807) is 17.3 Å². The van der Waals surface area contributed by atoms with Gasteiger partial charge in [-0.1, -0.05) is 17.7 Å². The van der Waals surface area contributed by atoms with Gasteiger partial charge in [-0.05, 0) is 67.5 Å². The van der Waals surface area contributed by atoms with Crippen LogP contribution in [0.4, 0.5) is 4.79 Å². The highest BCUT2D eigenvalue weighted by Crippen LogP contribution is 2.41. The minimum Gasteiger partial charge on any atom is -0.389 e. The topological polar surface area (TPSA) is 60.2 Å². The fraction of sp³-hybridized carbons (Fsp3) is 0.318. The van der Waals surface area contributed by atoms with Gasteiger partial charge in [-0.25, -0.2) is 9.48 Å². The first kappa shape index (κ1) is 20.7. The maximum absolute atomic E-state index is 12.8. The number of aromatic nitrogens is 3. The molecule has 1 aliphatic carbocycles. The van der Waals surface area contributed by atoms with Crippen LogP contribution in [0.5, 0.6) is 5.88 Å². The summed E-state index contributed by atoms with van der Waals surface area (Å²) in [5, 5.41) is 5.41. The first-order valence-corrected chi connectivity index (χ1v) is 10.4. The molecule has 1 aromatic carbocycles. The summed E-state index contributed by atoms with van der Waals surface area (Å²) in [5.74, 6) is 0.357. The van der Waals surface area contributed by atoms with E-state index in [2.05, 4.69) is 4.98 Å². The Morgan fingerprint density at radius 1 is 1.03 bits per heavy atom. The van der Waals surface area contributed by atoms with Crippen LogP contribution in [-0.4, -0.2) is 38.8 Å². The molecule has 0 spiro atoms. The molecule has 0 N–H and O–H groups in total. The van der Waals surface area contributed by atoms with Crippen molar-refractivity contribution in [2.75, 3.05) is 13.1 Å². The number of benzene rings is 1. The van der Waals surface area contributed by atoms with E-state index >= 15 is 0 Å². The molecule has 1 saturated heterocycles. The molecule has 2 aromatic heterocycles. The Bertz CT molecular complexity index is 1060. The Balaban J connectivity index is 0.00000218. The second kappa shape index (κ2) is 8.66. The minimum absolute atomic E-state index is 0. The van der Waals surface area contributed by atoms with Gasteiger partial charge in [0.2, 0.25) is 0 Å². The predicted molar refractivity (Wildman–Crippen MR) is 118 cm³/mol. The molecule has 1 fully saturated rings. The average molecular weight is 445 g/mol. The van der Waals surface area contributed by atoms with Crippen LogP contribution >= 0.6 is 24.0 Å². The summed E-state index contributed by atoms with van der Waals surface area (Å²) in [7, 11) is 0. The van der Waals surface area contributed by atoms with Gasteiger partial charge >= 0.3 is 6.09 Å². The minimum atomic E-state index is -0.326. The van der Waals surface area contributed by atoms with Gasteiger partial charge in [0.1, 0.15) is 0 Å². The fourth-order valence-electron chi connectivity index (χ4n) is 4.19. The van der Waals surface area contributed by atoms with Crippen LogP contribution in [0.3, 0.4) is 0 Å². The third-order valence-electron chi connectivity index (χ3n) is 5.62. The second-order valence-corrected chi connectivity index (χ2v) is 7.90. The summed E-state index contributed by atoms with van der Waals surface area (Å²) < 4.78 is 7.72. The van der Waals surface area contributed by atoms with Crippen LogP contribution in [-0.2, 0) is 12.8 Å². The van der Waals surface area contributed by atoms with Crippen molar-refractivity contribution in [1.82, 2.24) is 19.7 Å². The molecular weight excluding hydrogens is 423 g/mol. The van der Waals surface area contributed by atoms with Crippen molar-refractivity contribution < 1.29 is 9.53 Å². The van der Waals surface area contributed by atoms with Crippen molar-refractivity contribution in [3.05, 3.63) is 59.0 Å². The lowest BCUT2D eigenvalue weighted by Gasteiger charge is -2.25. The summed E-state index contributed by atoms with van der Waals surface area (Å²) in [4.78, 5) is 18.7. The summed E-state index contributed by atoms with van der Waals surface area (Å²) in [6, 6.07) is 9.66. The number of fused-ring (bicyclic) bond motifs is 3. The van der Waals surface area contributed by atoms with Crippen molar-refractivity contribution in [2.24, 2.45) is 0 Å².